The first-order valence-corrected chi connectivity index (χ1v) is 9.15. The van der Waals surface area contributed by atoms with Crippen molar-refractivity contribution in [2.45, 2.75) is 31.5 Å². The van der Waals surface area contributed by atoms with Crippen LogP contribution in [0.25, 0.3) is 6.08 Å². The summed E-state index contributed by atoms with van der Waals surface area (Å²) < 4.78 is 42.4. The van der Waals surface area contributed by atoms with Crippen LogP contribution in [0.1, 0.15) is 40.3 Å². The maximum atomic E-state index is 12.6. The summed E-state index contributed by atoms with van der Waals surface area (Å²) in [6, 6.07) is 11.7. The molecule has 0 fully saturated rings. The van der Waals surface area contributed by atoms with Gasteiger partial charge in [0.2, 0.25) is 0 Å². The lowest BCUT2D eigenvalue weighted by molar-refractivity contribution is -0.137. The van der Waals surface area contributed by atoms with Crippen LogP contribution in [0.15, 0.2) is 48.5 Å². The first-order valence-electron chi connectivity index (χ1n) is 9.15. The number of methoxy groups -OCH3 is 1. The molecule has 1 unspecified atom stereocenters. The van der Waals surface area contributed by atoms with Gasteiger partial charge in [0.25, 0.3) is 0 Å². The van der Waals surface area contributed by atoms with Crippen LogP contribution < -0.4 is 5.32 Å². The van der Waals surface area contributed by atoms with Gasteiger partial charge in [-0.2, -0.15) is 13.2 Å². The summed E-state index contributed by atoms with van der Waals surface area (Å²) >= 11 is 0. The van der Waals surface area contributed by atoms with E-state index < -0.39 is 11.7 Å². The summed E-state index contributed by atoms with van der Waals surface area (Å²) in [5.41, 5.74) is 3.70. The summed E-state index contributed by atoms with van der Waals surface area (Å²) in [6.45, 7) is 0.694. The molecular weight excluding hydrogens is 367 g/mol. The maximum absolute atomic E-state index is 12.6. The molecule has 2 aromatic rings. The van der Waals surface area contributed by atoms with Crippen molar-refractivity contribution in [3.8, 4) is 0 Å². The number of hydrogen-bond acceptors (Lipinski definition) is 3. The van der Waals surface area contributed by atoms with E-state index >= 15 is 0 Å². The molecule has 28 heavy (non-hydrogen) atoms. The van der Waals surface area contributed by atoms with Crippen LogP contribution in [0.3, 0.4) is 0 Å². The number of hydrogen-bond donors (Lipinski definition) is 1. The molecule has 0 heterocycles. The predicted octanol–water partition coefficient (Wildman–Crippen LogP) is 4.71. The van der Waals surface area contributed by atoms with Crippen LogP contribution in [0.5, 0.6) is 0 Å². The lowest BCUT2D eigenvalue weighted by Crippen LogP contribution is -2.22. The van der Waals surface area contributed by atoms with Gasteiger partial charge < -0.3 is 10.1 Å². The number of ether oxygens (including phenoxy) is 1. The molecule has 3 rings (SSSR count). The Morgan fingerprint density at radius 2 is 1.96 bits per heavy atom. The zero-order chi connectivity index (χ0) is 20.1. The number of esters is 1. The lowest BCUT2D eigenvalue weighted by atomic mass is 10.0. The number of fused-ring (bicyclic) bond motifs is 1. The Balaban J connectivity index is 1.55. The highest BCUT2D eigenvalue weighted by Crippen LogP contribution is 2.32. The quantitative estimate of drug-likeness (QED) is 0.574. The minimum atomic E-state index is -4.30. The van der Waals surface area contributed by atoms with E-state index in [1.807, 2.05) is 6.07 Å². The van der Waals surface area contributed by atoms with E-state index in [0.717, 1.165) is 36.1 Å². The van der Waals surface area contributed by atoms with Crippen molar-refractivity contribution in [2.24, 2.45) is 0 Å². The van der Waals surface area contributed by atoms with Crippen molar-refractivity contribution >= 4 is 12.0 Å². The van der Waals surface area contributed by atoms with Gasteiger partial charge in [-0.05, 0) is 66.3 Å². The number of aryl methyl sites for hydroxylation is 1. The fraction of sp³-hybridized carbons (Fsp3) is 0.318. The van der Waals surface area contributed by atoms with E-state index in [2.05, 4.69) is 22.2 Å². The monoisotopic (exact) mass is 389 g/mol. The van der Waals surface area contributed by atoms with E-state index in [9.17, 15) is 18.0 Å². The minimum absolute atomic E-state index is 0.239. The molecule has 0 saturated carbocycles. The smallest absolute Gasteiger partial charge is 0.416 e. The first-order chi connectivity index (χ1) is 13.4. The number of alkyl halides is 3. The van der Waals surface area contributed by atoms with Crippen molar-refractivity contribution in [1.82, 2.24) is 5.32 Å². The standard InChI is InChI=1S/C22H22F3NO2/c1-28-21(27)11-5-16-4-9-19-17(14-16)6-10-20(19)26-13-12-15-2-7-18(8-3-15)22(23,24)25/h2-5,7-9,11,14,20,26H,6,10,12-13H2,1H3/b11-5+. The van der Waals surface area contributed by atoms with E-state index in [0.29, 0.717) is 13.0 Å². The second-order valence-electron chi connectivity index (χ2n) is 6.80. The van der Waals surface area contributed by atoms with E-state index in [1.165, 1.54) is 36.4 Å². The average molecular weight is 389 g/mol. The highest BCUT2D eigenvalue weighted by molar-refractivity contribution is 5.86. The van der Waals surface area contributed by atoms with Crippen LogP contribution in [-0.2, 0) is 28.5 Å². The highest BCUT2D eigenvalue weighted by Gasteiger charge is 2.29. The zero-order valence-electron chi connectivity index (χ0n) is 15.6. The molecule has 0 aromatic heterocycles. The summed E-state index contributed by atoms with van der Waals surface area (Å²) in [7, 11) is 1.34. The third-order valence-corrected chi connectivity index (χ3v) is 4.94. The molecule has 3 nitrogen and oxygen atoms in total. The molecule has 1 N–H and O–H groups in total. The second kappa shape index (κ2) is 8.61. The van der Waals surface area contributed by atoms with E-state index in [1.54, 1.807) is 6.08 Å². The number of carbonyl (C=O) groups excluding carboxylic acids is 1. The molecular formula is C22H22F3NO2. The zero-order valence-corrected chi connectivity index (χ0v) is 15.6. The molecule has 1 aliphatic carbocycles. The van der Waals surface area contributed by atoms with Gasteiger partial charge in [0.15, 0.2) is 0 Å². The lowest BCUT2D eigenvalue weighted by Gasteiger charge is -2.14. The van der Waals surface area contributed by atoms with Gasteiger partial charge in [0, 0.05) is 12.1 Å². The Bertz CT molecular complexity index is 857. The second-order valence-corrected chi connectivity index (χ2v) is 6.80. The fourth-order valence-electron chi connectivity index (χ4n) is 3.44. The third-order valence-electron chi connectivity index (χ3n) is 4.94. The van der Waals surface area contributed by atoms with Crippen LogP contribution in [0.2, 0.25) is 0 Å². The number of benzene rings is 2. The van der Waals surface area contributed by atoms with Gasteiger partial charge in [-0.3, -0.25) is 0 Å². The molecule has 0 bridgehead atoms. The van der Waals surface area contributed by atoms with Crippen LogP contribution in [-0.4, -0.2) is 19.6 Å². The summed E-state index contributed by atoms with van der Waals surface area (Å²) in [6.07, 6.45) is 1.44. The number of carbonyl (C=O) groups is 1. The Hall–Kier alpha value is -2.60. The minimum Gasteiger partial charge on any atom is -0.466 e. The van der Waals surface area contributed by atoms with Crippen molar-refractivity contribution in [3.05, 3.63) is 76.4 Å². The van der Waals surface area contributed by atoms with Gasteiger partial charge in [0.1, 0.15) is 0 Å². The molecule has 0 amide bonds. The van der Waals surface area contributed by atoms with Gasteiger partial charge in [-0.25, -0.2) is 4.79 Å². The van der Waals surface area contributed by atoms with Crippen molar-refractivity contribution < 1.29 is 22.7 Å². The number of nitrogens with one attached hydrogen (secondary N) is 1. The van der Waals surface area contributed by atoms with Crippen molar-refractivity contribution in [1.29, 1.82) is 0 Å². The Morgan fingerprint density at radius 3 is 2.64 bits per heavy atom. The van der Waals surface area contributed by atoms with E-state index in [4.69, 9.17) is 0 Å². The summed E-state index contributed by atoms with van der Waals surface area (Å²) in [5.74, 6) is -0.386. The Kier molecular flexibility index (Phi) is 6.19. The summed E-state index contributed by atoms with van der Waals surface area (Å²) in [5, 5.41) is 3.50. The molecule has 0 saturated heterocycles. The SMILES string of the molecule is COC(=O)/C=C/c1ccc2c(c1)CCC2NCCc1ccc(C(F)(F)F)cc1. The number of halogens is 3. The van der Waals surface area contributed by atoms with Gasteiger partial charge >= 0.3 is 12.1 Å². The van der Waals surface area contributed by atoms with Crippen LogP contribution in [0, 0.1) is 0 Å². The van der Waals surface area contributed by atoms with Crippen molar-refractivity contribution in [2.75, 3.05) is 13.7 Å². The Morgan fingerprint density at radius 1 is 1.21 bits per heavy atom. The highest BCUT2D eigenvalue weighted by atomic mass is 19.4. The van der Waals surface area contributed by atoms with Gasteiger partial charge in [-0.15, -0.1) is 0 Å². The largest absolute Gasteiger partial charge is 0.466 e. The molecule has 1 aliphatic rings. The molecule has 0 spiro atoms. The molecule has 6 heteroatoms. The molecule has 2 aromatic carbocycles. The fourth-order valence-corrected chi connectivity index (χ4v) is 3.44. The molecule has 148 valence electrons. The van der Waals surface area contributed by atoms with Gasteiger partial charge in [-0.1, -0.05) is 30.3 Å². The van der Waals surface area contributed by atoms with Crippen LogP contribution in [0.4, 0.5) is 13.2 Å². The molecule has 0 radical (unpaired) electrons. The van der Waals surface area contributed by atoms with Crippen molar-refractivity contribution in [3.63, 3.8) is 0 Å². The topological polar surface area (TPSA) is 38.3 Å². The molecule has 0 aliphatic heterocycles. The average Bonchev–Trinajstić information content (AvgIpc) is 3.08. The summed E-state index contributed by atoms with van der Waals surface area (Å²) in [4.78, 5) is 11.2. The molecule has 1 atom stereocenters. The maximum Gasteiger partial charge on any atom is 0.416 e. The van der Waals surface area contributed by atoms with E-state index in [-0.39, 0.29) is 12.0 Å². The Labute approximate surface area is 162 Å². The predicted molar refractivity (Wildman–Crippen MR) is 102 cm³/mol. The first kappa shape index (κ1) is 20.1. The normalized spacial score (nSPS) is 16.4. The number of rotatable bonds is 6. The van der Waals surface area contributed by atoms with Crippen LogP contribution >= 0.6 is 0 Å². The third kappa shape index (κ3) is 5.01. The van der Waals surface area contributed by atoms with Gasteiger partial charge in [0.05, 0.1) is 12.7 Å².